The van der Waals surface area contributed by atoms with Crippen LogP contribution in [0.1, 0.15) is 111 Å². The number of aryl methyl sites for hydroxylation is 2. The van der Waals surface area contributed by atoms with Crippen LogP contribution in [-0.4, -0.2) is 63.5 Å². The number of hydrogen-bond donors (Lipinski definition) is 2. The largest absolute Gasteiger partial charge is 0.346 e. The average molecular weight is 910 g/mol. The maximum absolute atomic E-state index is 14.8. The van der Waals surface area contributed by atoms with Crippen molar-refractivity contribution in [1.29, 1.82) is 0 Å². The summed E-state index contributed by atoms with van der Waals surface area (Å²) in [7, 11) is -5.75. The summed E-state index contributed by atoms with van der Waals surface area (Å²) in [5.41, 5.74) is 1.05. The van der Waals surface area contributed by atoms with Crippen molar-refractivity contribution >= 4 is 54.1 Å². The summed E-state index contributed by atoms with van der Waals surface area (Å²) in [5, 5.41) is 11.3. The van der Waals surface area contributed by atoms with Crippen LogP contribution in [0.15, 0.2) is 42.5 Å². The van der Waals surface area contributed by atoms with E-state index in [1.54, 1.807) is 39.1 Å². The van der Waals surface area contributed by atoms with E-state index >= 15 is 0 Å². The van der Waals surface area contributed by atoms with Crippen molar-refractivity contribution in [3.63, 3.8) is 0 Å². The van der Waals surface area contributed by atoms with Gasteiger partial charge in [-0.25, -0.2) is 38.8 Å². The Morgan fingerprint density at radius 3 is 2.20 bits per heavy atom. The molecule has 2 fully saturated rings. The number of anilines is 1. The quantitative estimate of drug-likeness (QED) is 0.0882. The molecule has 2 aliphatic carbocycles. The van der Waals surface area contributed by atoms with Gasteiger partial charge in [0.2, 0.25) is 15.9 Å². The van der Waals surface area contributed by atoms with E-state index < -0.39 is 78.3 Å². The van der Waals surface area contributed by atoms with Crippen LogP contribution in [0.4, 0.5) is 27.8 Å². The predicted octanol–water partition coefficient (Wildman–Crippen LogP) is 8.37. The van der Waals surface area contributed by atoms with Gasteiger partial charge in [0, 0.05) is 35.5 Å². The molecule has 5 aromatic rings. The molecule has 2 saturated carbocycles. The third-order valence-electron chi connectivity index (χ3n) is 11.2. The lowest BCUT2D eigenvalue weighted by molar-refractivity contribution is -0.122. The molecule has 2 N–H and O–H groups in total. The van der Waals surface area contributed by atoms with E-state index in [1.807, 2.05) is 0 Å². The van der Waals surface area contributed by atoms with Gasteiger partial charge in [0.25, 0.3) is 6.43 Å². The Kier molecular flexibility index (Phi) is 12.1. The zero-order valence-electron chi connectivity index (χ0n) is 33.9. The van der Waals surface area contributed by atoms with Crippen molar-refractivity contribution in [1.82, 2.24) is 29.9 Å². The Morgan fingerprint density at radius 2 is 1.61 bits per heavy atom. The monoisotopic (exact) mass is 909 g/mol. The molecule has 3 heterocycles. The lowest BCUT2D eigenvalue weighted by Gasteiger charge is -2.26. The number of carbonyl (C=O) groups excluding carboxylic acids is 1. The van der Waals surface area contributed by atoms with Crippen molar-refractivity contribution in [2.45, 2.75) is 107 Å². The second-order valence-electron chi connectivity index (χ2n) is 16.5. The molecule has 2 atom stereocenters. The summed E-state index contributed by atoms with van der Waals surface area (Å²) >= 11 is 6.65. The van der Waals surface area contributed by atoms with Crippen LogP contribution in [0.2, 0.25) is 5.02 Å². The van der Waals surface area contributed by atoms with Crippen LogP contribution >= 0.6 is 11.6 Å². The molecule has 0 aliphatic heterocycles. The van der Waals surface area contributed by atoms with Gasteiger partial charge < -0.3 is 5.32 Å². The third kappa shape index (κ3) is 9.43. The predicted molar refractivity (Wildman–Crippen MR) is 221 cm³/mol. The molecule has 328 valence electrons. The molecule has 2 aromatic carbocycles. The second-order valence-corrected chi connectivity index (χ2v) is 21.6. The molecule has 1 amide bonds. The number of hydrogen-bond acceptors (Lipinski definition) is 8. The van der Waals surface area contributed by atoms with Gasteiger partial charge >= 0.3 is 0 Å². The minimum Gasteiger partial charge on any atom is -0.346 e. The van der Waals surface area contributed by atoms with E-state index in [0.717, 1.165) is 23.1 Å². The van der Waals surface area contributed by atoms with Crippen LogP contribution in [0.25, 0.3) is 22.0 Å². The van der Waals surface area contributed by atoms with Crippen molar-refractivity contribution < 1.29 is 43.6 Å². The molecule has 12 nitrogen and oxygen atoms in total. The third-order valence-corrected chi connectivity index (χ3v) is 15.1. The summed E-state index contributed by atoms with van der Waals surface area (Å²) in [4.78, 5) is 19.1. The first-order valence-corrected chi connectivity index (χ1v) is 23.5. The summed E-state index contributed by atoms with van der Waals surface area (Å²) in [6, 6.07) is 8.05. The average Bonchev–Trinajstić information content (AvgIpc) is 4.09. The maximum Gasteiger partial charge on any atom is 0.280 e. The minimum absolute atomic E-state index is 0.0706. The van der Waals surface area contributed by atoms with E-state index in [1.165, 1.54) is 17.7 Å². The van der Waals surface area contributed by atoms with E-state index in [9.17, 15) is 43.6 Å². The van der Waals surface area contributed by atoms with Gasteiger partial charge in [-0.05, 0) is 101 Å². The Hall–Kier alpha value is -4.62. The van der Waals surface area contributed by atoms with Crippen molar-refractivity contribution in [3.8, 4) is 11.1 Å². The molecule has 2 aliphatic rings. The fourth-order valence-electron chi connectivity index (χ4n) is 7.89. The number of amides is 1. The molecule has 1 unspecified atom stereocenters. The number of sulfone groups is 1. The van der Waals surface area contributed by atoms with Gasteiger partial charge in [0.15, 0.2) is 15.7 Å². The highest BCUT2D eigenvalue weighted by molar-refractivity contribution is 7.93. The Balaban J connectivity index is 1.37. The smallest absolute Gasteiger partial charge is 0.280 e. The molecule has 0 radical (unpaired) electrons. The fraction of sp³-hybridized carbons (Fsp3) is 0.463. The molecule has 61 heavy (non-hydrogen) atoms. The molecular weight excluding hydrogens is 865 g/mol. The SMILES string of the molecule is CC(F)c1nn(CC(=O)N[C@@H](Cc2cc(F)cc(F)c2)c2nc(CCC(C)(C)S(=O)(=O)C3CC3)ccc2-c2ccc(Cl)c3c(NS(C)(=O)=O)nn(C)c23)c(C(F)F)c1C1CC1. The number of benzene rings is 2. The van der Waals surface area contributed by atoms with Gasteiger partial charge in [-0.3, -0.25) is 23.9 Å². The van der Waals surface area contributed by atoms with Gasteiger partial charge in [0.1, 0.15) is 35.7 Å². The lowest BCUT2D eigenvalue weighted by Crippen LogP contribution is -2.35. The fourth-order valence-corrected chi connectivity index (χ4v) is 10.7. The van der Waals surface area contributed by atoms with E-state index in [4.69, 9.17) is 16.6 Å². The molecule has 0 saturated heterocycles. The van der Waals surface area contributed by atoms with Crippen LogP contribution in [0.5, 0.6) is 0 Å². The normalized spacial score (nSPS) is 16.0. The number of nitrogens with one attached hydrogen (secondary N) is 2. The molecule has 7 rings (SSSR count). The van der Waals surface area contributed by atoms with Crippen molar-refractivity contribution in [2.24, 2.45) is 7.05 Å². The summed E-state index contributed by atoms with van der Waals surface area (Å²) in [6.07, 6.45) is -1.47. The molecule has 3 aromatic heterocycles. The second kappa shape index (κ2) is 16.6. The molecular formula is C41H45ClF5N7O5S2. The number of carbonyl (C=O) groups is 1. The van der Waals surface area contributed by atoms with Gasteiger partial charge in [-0.1, -0.05) is 23.7 Å². The van der Waals surface area contributed by atoms with Gasteiger partial charge in [0.05, 0.1) is 43.9 Å². The molecule has 20 heteroatoms. The zero-order chi connectivity index (χ0) is 44.3. The number of nitrogens with zero attached hydrogens (tertiary/aromatic N) is 5. The standard InChI is InChI=1S/C41H45ClF5N7O5S2/c1-21(43)35-33(23-6-7-23)38(39(46)47)54(50-35)20-32(55)49-31(18-22-16-24(44)19-25(45)17-22)36-28(11-8-26(48-36)14-15-41(2,3)61(58,59)27-9-10-27)29-12-13-30(42)34-37(29)53(4)51-40(34)52-60(5,56)57/h8,11-13,16-17,19,21,23,27,31,39H,6-7,9-10,14-15,18,20H2,1-5H3,(H,49,55)(H,51,52)/t21?,31-/m0/s1. The minimum atomic E-state index is -3.83. The van der Waals surface area contributed by atoms with Crippen LogP contribution in [0, 0.1) is 11.6 Å². The maximum atomic E-state index is 14.8. The summed E-state index contributed by atoms with van der Waals surface area (Å²) < 4.78 is 128. The van der Waals surface area contributed by atoms with Crippen molar-refractivity contribution in [2.75, 3.05) is 11.0 Å². The first-order chi connectivity index (χ1) is 28.5. The Labute approximate surface area is 355 Å². The number of halogens is 6. The van der Waals surface area contributed by atoms with Gasteiger partial charge in [-0.15, -0.1) is 0 Å². The van der Waals surface area contributed by atoms with Crippen LogP contribution < -0.4 is 10.0 Å². The zero-order valence-corrected chi connectivity index (χ0v) is 36.3. The van der Waals surface area contributed by atoms with Gasteiger partial charge in [-0.2, -0.15) is 10.2 Å². The van der Waals surface area contributed by atoms with E-state index in [2.05, 4.69) is 20.2 Å². The highest BCUT2D eigenvalue weighted by Crippen LogP contribution is 2.47. The number of rotatable bonds is 17. The highest BCUT2D eigenvalue weighted by Gasteiger charge is 2.46. The summed E-state index contributed by atoms with van der Waals surface area (Å²) in [6.45, 7) is 3.72. The number of pyridine rings is 1. The van der Waals surface area contributed by atoms with E-state index in [0.29, 0.717) is 54.1 Å². The molecule has 0 spiro atoms. The summed E-state index contributed by atoms with van der Waals surface area (Å²) in [5.74, 6) is -3.05. The topological polar surface area (TPSA) is 158 Å². The number of sulfonamides is 1. The Bertz CT molecular complexity index is 2730. The van der Waals surface area contributed by atoms with Crippen LogP contribution in [0.3, 0.4) is 0 Å². The number of fused-ring (bicyclic) bond motifs is 1. The van der Waals surface area contributed by atoms with Crippen LogP contribution in [-0.2, 0) is 51.1 Å². The number of alkyl halides is 3. The molecule has 0 bridgehead atoms. The lowest BCUT2D eigenvalue weighted by atomic mass is 9.93. The van der Waals surface area contributed by atoms with E-state index in [-0.39, 0.29) is 63.9 Å². The number of aromatic nitrogens is 5. The first-order valence-electron chi connectivity index (χ1n) is 19.7. The Morgan fingerprint density at radius 1 is 0.951 bits per heavy atom. The highest BCUT2D eigenvalue weighted by atomic mass is 35.5. The first kappa shape index (κ1) is 44.4. The van der Waals surface area contributed by atoms with Crippen molar-refractivity contribution in [3.05, 3.63) is 93.0 Å².